The minimum Gasteiger partial charge on any atom is -0.508 e. The van der Waals surface area contributed by atoms with E-state index in [4.69, 9.17) is 24.4 Å². The first-order valence-electron chi connectivity index (χ1n) is 31.2. The van der Waals surface area contributed by atoms with Crippen molar-refractivity contribution in [2.75, 3.05) is 13.1 Å². The second-order valence-electron chi connectivity index (χ2n) is 24.5. The highest BCUT2D eigenvalue weighted by atomic mass is 16.7. The molecule has 0 spiro atoms. The number of carbonyl (C=O) groups excluding carboxylic acids is 8. The fourth-order valence-electron chi connectivity index (χ4n) is 12.5. The molecule has 5 saturated heterocycles. The Kier molecular flexibility index (Phi) is 24.2. The van der Waals surface area contributed by atoms with Gasteiger partial charge in [-0.05, 0) is 66.6 Å². The average Bonchev–Trinajstić information content (AvgIpc) is 1.80. The summed E-state index contributed by atoms with van der Waals surface area (Å²) in [6, 6.07) is 11.8. The van der Waals surface area contributed by atoms with Crippen molar-refractivity contribution in [3.63, 3.8) is 0 Å². The van der Waals surface area contributed by atoms with Gasteiger partial charge in [-0.2, -0.15) is 0 Å². The van der Waals surface area contributed by atoms with Gasteiger partial charge in [-0.15, -0.1) is 0 Å². The van der Waals surface area contributed by atoms with Crippen LogP contribution in [0, 0.1) is 11.8 Å². The summed E-state index contributed by atoms with van der Waals surface area (Å²) in [7, 11) is -2.44. The summed E-state index contributed by atoms with van der Waals surface area (Å²) in [5.41, 5.74) is 6.82. The average molecular weight is 1240 g/mol. The van der Waals surface area contributed by atoms with Gasteiger partial charge in [0.2, 0.25) is 47.3 Å². The number of aromatic hydroxyl groups is 1. The first-order chi connectivity index (χ1) is 42.6. The van der Waals surface area contributed by atoms with Crippen molar-refractivity contribution < 1.29 is 82.5 Å². The van der Waals surface area contributed by atoms with Crippen LogP contribution in [0.5, 0.6) is 5.75 Å². The van der Waals surface area contributed by atoms with E-state index < -0.39 is 173 Å². The van der Waals surface area contributed by atoms with Crippen LogP contribution in [0.2, 0.25) is 0 Å². The number of nitrogens with zero attached hydrogens (tertiary/aromatic N) is 2. The largest absolute Gasteiger partial charge is 0.508 e. The highest BCUT2D eigenvalue weighted by Crippen LogP contribution is 2.35. The summed E-state index contributed by atoms with van der Waals surface area (Å²) in [6.07, 6.45) is -5.59. The van der Waals surface area contributed by atoms with Crippen molar-refractivity contribution >= 4 is 72.4 Å². The number of phenolic OH excluding ortho intramolecular Hbond substituents is 1. The first-order valence-corrected chi connectivity index (χ1v) is 31.2. The quantitative estimate of drug-likeness (QED) is 0.0476. The van der Waals surface area contributed by atoms with Crippen LogP contribution < -0.4 is 43.2 Å². The molecule has 0 aromatic heterocycles. The lowest BCUT2D eigenvalue weighted by Crippen LogP contribution is -2.64. The Morgan fingerprint density at radius 3 is 1.96 bits per heavy atom. The lowest BCUT2D eigenvalue weighted by Gasteiger charge is -2.35. The summed E-state index contributed by atoms with van der Waals surface area (Å²) >= 11 is 0. The predicted molar refractivity (Wildman–Crippen MR) is 325 cm³/mol. The van der Waals surface area contributed by atoms with Crippen LogP contribution in [0.1, 0.15) is 129 Å². The number of benzene rings is 3. The maximum Gasteiger partial charge on any atom is 0.495 e. The topological polar surface area (TPSA) is 367 Å². The highest BCUT2D eigenvalue weighted by Gasteiger charge is 2.53. The zero-order valence-electron chi connectivity index (χ0n) is 50.9. The number of nitrogens with one attached hydrogen (secondary N) is 5. The summed E-state index contributed by atoms with van der Waals surface area (Å²) < 4.78 is 25.7. The first kappa shape index (κ1) is 68.0. The molecule has 3 aromatic rings. The minimum atomic E-state index is -2.14. The van der Waals surface area contributed by atoms with E-state index in [-0.39, 0.29) is 25.1 Å². The standard InChI is InChI=1S/C62H86B2N8O17/c1-5-35(2)30-36(3)18-12-8-6-7-9-17-23-49(79)66-43-32-47-60(89-63(86-47)39-19-13-10-14-20-39)70-59(83)53-45(76)28-29-71(53)62(85)51(46(77)33-48(65)78)68-58(82)52(69-57(81)44-31-42(75)34-72(44)61(84)50(37(4)73)67-56(43)80)55-54(38-24-26-41(74)27-25-38)87-64(88-55)40-21-15-11-16-22-40/h10-11,13-16,19-22,24-27,35-37,42-47,50-55,60,73-77H,5-9,12,17-18,23,28-34H2,1-4H3,(H2,65,78)(H,66,79)(H,67,80)(H,68,82)(H,69,81)(H,70,83)/t35?,36?,37-,42-,43+,44+,45+,46-,47-,50+,51+,52+,53+,54+,55+,60-/m1/s1. The Bertz CT molecular complexity index is 2900. The predicted octanol–water partition coefficient (Wildman–Crippen LogP) is -0.426. The molecule has 5 fully saturated rings. The zero-order chi connectivity index (χ0) is 64.1. The number of unbranched alkanes of at least 4 members (excludes halogenated alkanes) is 5. The molecule has 0 aliphatic carbocycles. The summed E-state index contributed by atoms with van der Waals surface area (Å²) in [4.78, 5) is 119. The molecule has 16 atom stereocenters. The second kappa shape index (κ2) is 31.7. The van der Waals surface area contributed by atoms with E-state index in [1.54, 1.807) is 60.7 Å². The molecule has 8 amide bonds. The molecule has 89 heavy (non-hydrogen) atoms. The maximum atomic E-state index is 15.4. The number of nitrogens with two attached hydrogens (primary N) is 1. The Morgan fingerprint density at radius 2 is 1.31 bits per heavy atom. The zero-order valence-corrected chi connectivity index (χ0v) is 50.9. The second-order valence-corrected chi connectivity index (χ2v) is 24.5. The third kappa shape index (κ3) is 17.7. The minimum absolute atomic E-state index is 0.00328. The Balaban J connectivity index is 1.15. The number of carbonyl (C=O) groups is 8. The van der Waals surface area contributed by atoms with Crippen LogP contribution in [0.15, 0.2) is 84.9 Å². The van der Waals surface area contributed by atoms with Crippen molar-refractivity contribution in [3.8, 4) is 5.75 Å². The van der Waals surface area contributed by atoms with Crippen molar-refractivity contribution in [2.45, 2.75) is 203 Å². The maximum absolute atomic E-state index is 15.4. The van der Waals surface area contributed by atoms with Gasteiger partial charge in [-0.25, -0.2) is 0 Å². The molecule has 5 heterocycles. The fraction of sp³-hybridized carbons (Fsp3) is 0.581. The lowest BCUT2D eigenvalue weighted by molar-refractivity contribution is -0.148. The smallest absolute Gasteiger partial charge is 0.495 e. The number of hydrogen-bond donors (Lipinski definition) is 11. The van der Waals surface area contributed by atoms with Gasteiger partial charge in [0.25, 0.3) is 0 Å². The van der Waals surface area contributed by atoms with E-state index in [0.717, 1.165) is 54.7 Å². The Hall–Kier alpha value is -6.97. The van der Waals surface area contributed by atoms with Crippen molar-refractivity contribution in [1.29, 1.82) is 0 Å². The number of aliphatic hydroxyl groups is 4. The van der Waals surface area contributed by atoms with Gasteiger partial charge >= 0.3 is 14.2 Å². The number of primary amides is 1. The molecule has 8 rings (SSSR count). The van der Waals surface area contributed by atoms with E-state index in [2.05, 4.69) is 47.4 Å². The van der Waals surface area contributed by atoms with Crippen LogP contribution in [0.4, 0.5) is 0 Å². The number of aliphatic hydroxyl groups excluding tert-OH is 4. The molecule has 3 aromatic carbocycles. The normalized spacial score (nSPS) is 28.7. The molecule has 0 radical (unpaired) electrons. The molecule has 12 N–H and O–H groups in total. The molecule has 0 saturated carbocycles. The molecule has 2 unspecified atom stereocenters. The van der Waals surface area contributed by atoms with E-state index >= 15 is 14.4 Å². The van der Waals surface area contributed by atoms with Crippen molar-refractivity contribution in [1.82, 2.24) is 36.4 Å². The summed E-state index contributed by atoms with van der Waals surface area (Å²) in [6.45, 7) is 7.14. The van der Waals surface area contributed by atoms with Gasteiger partial charge in [0.05, 0.1) is 43.0 Å². The fourth-order valence-corrected chi connectivity index (χ4v) is 12.5. The van der Waals surface area contributed by atoms with Crippen LogP contribution in [-0.4, -0.2) is 189 Å². The molecule has 25 nitrogen and oxygen atoms in total. The lowest BCUT2D eigenvalue weighted by atomic mass is 9.79. The Labute approximate surface area is 519 Å². The van der Waals surface area contributed by atoms with Gasteiger partial charge in [-0.3, -0.25) is 38.4 Å². The summed E-state index contributed by atoms with van der Waals surface area (Å²) in [5.74, 6) is -7.00. The Morgan fingerprint density at radius 1 is 0.697 bits per heavy atom. The molecule has 27 heteroatoms. The molecular weight excluding hydrogens is 1150 g/mol. The number of hydrogen-bond acceptors (Lipinski definition) is 17. The van der Waals surface area contributed by atoms with Gasteiger partial charge in [-0.1, -0.05) is 139 Å². The van der Waals surface area contributed by atoms with E-state index in [0.29, 0.717) is 34.7 Å². The molecular formula is C62H86B2N8O17. The summed E-state index contributed by atoms with van der Waals surface area (Å²) in [5, 5.41) is 69.5. The van der Waals surface area contributed by atoms with E-state index in [9.17, 15) is 49.5 Å². The van der Waals surface area contributed by atoms with Gasteiger partial charge in [0.15, 0.2) is 0 Å². The van der Waals surface area contributed by atoms with Crippen molar-refractivity contribution in [2.24, 2.45) is 17.6 Å². The van der Waals surface area contributed by atoms with Crippen LogP contribution in [0.25, 0.3) is 0 Å². The molecule has 5 aliphatic rings. The molecule has 5 aliphatic heterocycles. The van der Waals surface area contributed by atoms with Crippen LogP contribution in [0.3, 0.4) is 0 Å². The van der Waals surface area contributed by atoms with Gasteiger partial charge < -0.3 is 86.3 Å². The van der Waals surface area contributed by atoms with E-state index in [1.165, 1.54) is 37.6 Å². The number of amides is 8. The number of rotatable bonds is 21. The SMILES string of the molecule is CCC(C)CC(C)CCCCCCCCC(=O)N[C@H]1C[C@H]2OB(c3ccccc3)O[C@H]2NC(=O)[C@@H]2[C@@H](O)CCN2C(=O)[C@H]([C@H](O)CC(N)=O)NC(=O)[C@H]([C@@H]2OB(c3ccccc3)O[C@H]2c2ccc(O)cc2)NC(=O)[C@@H]2C[C@@H](O)CN2C(=O)[C@H]([C@@H](C)O)NC1=O. The van der Waals surface area contributed by atoms with Gasteiger partial charge in [0.1, 0.15) is 54.3 Å². The number of phenols is 1. The van der Waals surface area contributed by atoms with Gasteiger partial charge in [0, 0.05) is 32.4 Å². The molecule has 0 bridgehead atoms. The molecule has 482 valence electrons. The monoisotopic (exact) mass is 1240 g/mol. The highest BCUT2D eigenvalue weighted by molar-refractivity contribution is 6.62. The van der Waals surface area contributed by atoms with Crippen LogP contribution >= 0.6 is 0 Å². The van der Waals surface area contributed by atoms with Crippen LogP contribution in [-0.2, 0) is 57.0 Å². The number of fused-ring (bicyclic) bond motifs is 3. The third-order valence-corrected chi connectivity index (χ3v) is 17.5. The van der Waals surface area contributed by atoms with E-state index in [1.807, 2.05) is 0 Å². The third-order valence-electron chi connectivity index (χ3n) is 17.5. The van der Waals surface area contributed by atoms with Crippen molar-refractivity contribution in [3.05, 3.63) is 90.5 Å².